The molecule has 0 saturated carbocycles. The van der Waals surface area contributed by atoms with E-state index in [-0.39, 0.29) is 25.0 Å². The number of amides is 2. The molecule has 0 spiro atoms. The first-order valence-electron chi connectivity index (χ1n) is 10.0. The normalized spacial score (nSPS) is 11.7. The molecule has 3 aromatic carbocycles. The fraction of sp³-hybridized carbons (Fsp3) is 0.250. The van der Waals surface area contributed by atoms with Crippen LogP contribution in [0, 0.1) is 0 Å². The van der Waals surface area contributed by atoms with Crippen LogP contribution in [0.3, 0.4) is 0 Å². The molecule has 31 heavy (non-hydrogen) atoms. The predicted molar refractivity (Wildman–Crippen MR) is 127 cm³/mol. The monoisotopic (exact) mass is 502 g/mol. The predicted octanol–water partition coefficient (Wildman–Crippen LogP) is 5.19. The summed E-state index contributed by atoms with van der Waals surface area (Å²) in [4.78, 5) is 27.1. The molecular weight excluding hydrogens is 480 g/mol. The summed E-state index contributed by atoms with van der Waals surface area (Å²) < 4.78 is 6.63. The number of likely N-dealkylation sites (N-methyl/N-ethyl adjacent to an activating group) is 1. The van der Waals surface area contributed by atoms with Gasteiger partial charge in [0, 0.05) is 18.1 Å². The first-order valence-corrected chi connectivity index (χ1v) is 11.2. The highest BCUT2D eigenvalue weighted by Crippen LogP contribution is 2.33. The molecule has 3 aromatic rings. The number of rotatable bonds is 8. The number of nitrogens with one attached hydrogen (secondary N) is 1. The van der Waals surface area contributed by atoms with E-state index < -0.39 is 6.04 Å². The van der Waals surface area contributed by atoms with Crippen LogP contribution in [-0.4, -0.2) is 35.9 Å². The second-order valence-electron chi connectivity index (χ2n) is 7.11. The molecular formula is C24H24BrClN2O3. The topological polar surface area (TPSA) is 58.6 Å². The van der Waals surface area contributed by atoms with Gasteiger partial charge in [0.2, 0.25) is 5.91 Å². The Balaban J connectivity index is 1.79. The minimum absolute atomic E-state index is 0.193. The summed E-state index contributed by atoms with van der Waals surface area (Å²) >= 11 is 9.67. The number of nitrogens with zero attached hydrogens (tertiary/aromatic N) is 1. The lowest BCUT2D eigenvalue weighted by atomic mass is 10.1. The molecule has 0 aliphatic carbocycles. The van der Waals surface area contributed by atoms with Crippen LogP contribution in [0.1, 0.15) is 19.4 Å². The van der Waals surface area contributed by atoms with Crippen molar-refractivity contribution in [2.75, 3.05) is 13.2 Å². The van der Waals surface area contributed by atoms with Gasteiger partial charge in [0.05, 0.1) is 4.47 Å². The Kier molecular flexibility index (Phi) is 7.93. The van der Waals surface area contributed by atoms with Crippen molar-refractivity contribution in [2.45, 2.75) is 26.4 Å². The van der Waals surface area contributed by atoms with Gasteiger partial charge in [-0.2, -0.15) is 0 Å². The van der Waals surface area contributed by atoms with Gasteiger partial charge in [-0.1, -0.05) is 54.1 Å². The molecule has 1 atom stereocenters. The summed E-state index contributed by atoms with van der Waals surface area (Å²) in [5, 5.41) is 5.42. The van der Waals surface area contributed by atoms with Crippen LogP contribution >= 0.6 is 27.5 Å². The van der Waals surface area contributed by atoms with Crippen LogP contribution in [0.5, 0.6) is 5.75 Å². The van der Waals surface area contributed by atoms with Crippen molar-refractivity contribution >= 4 is 50.1 Å². The molecule has 0 fully saturated rings. The standard InChI is InChI=1S/C24H24BrClN2O3/c1-3-27-24(30)16(2)28(14-17-7-6-9-19(26)13-17)22(29)15-31-21-12-11-18-8-4-5-10-20(18)23(21)25/h4-13,16H,3,14-15H2,1-2H3,(H,27,30)/t16-/m0/s1. The van der Waals surface area contributed by atoms with Crippen LogP contribution < -0.4 is 10.1 Å². The minimum atomic E-state index is -0.657. The second kappa shape index (κ2) is 10.6. The van der Waals surface area contributed by atoms with Gasteiger partial charge in [0.15, 0.2) is 6.61 Å². The molecule has 162 valence electrons. The van der Waals surface area contributed by atoms with Gasteiger partial charge < -0.3 is 15.0 Å². The zero-order valence-electron chi connectivity index (χ0n) is 17.4. The Morgan fingerprint density at radius 3 is 2.65 bits per heavy atom. The molecule has 2 amide bonds. The van der Waals surface area contributed by atoms with E-state index in [9.17, 15) is 9.59 Å². The third kappa shape index (κ3) is 5.77. The van der Waals surface area contributed by atoms with Crippen LogP contribution in [0.2, 0.25) is 5.02 Å². The molecule has 0 aromatic heterocycles. The molecule has 0 aliphatic heterocycles. The largest absolute Gasteiger partial charge is 0.483 e. The van der Waals surface area contributed by atoms with Gasteiger partial charge in [-0.15, -0.1) is 0 Å². The summed E-state index contributed by atoms with van der Waals surface area (Å²) in [6, 6.07) is 18.3. The maximum atomic E-state index is 13.1. The molecule has 7 heteroatoms. The fourth-order valence-electron chi connectivity index (χ4n) is 3.28. The molecule has 0 radical (unpaired) electrons. The molecule has 0 unspecified atom stereocenters. The van der Waals surface area contributed by atoms with Crippen molar-refractivity contribution < 1.29 is 14.3 Å². The third-order valence-corrected chi connectivity index (χ3v) is 5.99. The molecule has 0 bridgehead atoms. The van der Waals surface area contributed by atoms with Gasteiger partial charge in [-0.3, -0.25) is 9.59 Å². The number of carbonyl (C=O) groups excluding carboxylic acids is 2. The van der Waals surface area contributed by atoms with Crippen molar-refractivity contribution in [2.24, 2.45) is 0 Å². The first kappa shape index (κ1) is 23.1. The highest BCUT2D eigenvalue weighted by atomic mass is 79.9. The third-order valence-electron chi connectivity index (χ3n) is 4.94. The van der Waals surface area contributed by atoms with Crippen LogP contribution in [0.4, 0.5) is 0 Å². The van der Waals surface area contributed by atoms with Gasteiger partial charge in [-0.05, 0) is 64.3 Å². The second-order valence-corrected chi connectivity index (χ2v) is 8.34. The summed E-state index contributed by atoms with van der Waals surface area (Å²) in [5.41, 5.74) is 0.837. The molecule has 1 N–H and O–H groups in total. The van der Waals surface area contributed by atoms with E-state index in [0.29, 0.717) is 17.3 Å². The Labute approximate surface area is 195 Å². The lowest BCUT2D eigenvalue weighted by molar-refractivity contribution is -0.142. The number of hydrogen-bond acceptors (Lipinski definition) is 3. The van der Waals surface area contributed by atoms with Gasteiger partial charge in [-0.25, -0.2) is 0 Å². The van der Waals surface area contributed by atoms with E-state index in [1.807, 2.05) is 55.5 Å². The smallest absolute Gasteiger partial charge is 0.261 e. The highest BCUT2D eigenvalue weighted by molar-refractivity contribution is 9.10. The van der Waals surface area contributed by atoms with Crippen molar-refractivity contribution in [3.63, 3.8) is 0 Å². The van der Waals surface area contributed by atoms with Crippen molar-refractivity contribution in [3.05, 3.63) is 75.7 Å². The van der Waals surface area contributed by atoms with E-state index in [0.717, 1.165) is 20.8 Å². The molecule has 5 nitrogen and oxygen atoms in total. The Morgan fingerprint density at radius 1 is 1.13 bits per heavy atom. The number of benzene rings is 3. The summed E-state index contributed by atoms with van der Waals surface area (Å²) in [5.74, 6) is 0.0592. The summed E-state index contributed by atoms with van der Waals surface area (Å²) in [6.45, 7) is 4.09. The lowest BCUT2D eigenvalue weighted by Crippen LogP contribution is -2.49. The Morgan fingerprint density at radius 2 is 1.90 bits per heavy atom. The summed E-state index contributed by atoms with van der Waals surface area (Å²) in [6.07, 6.45) is 0. The number of carbonyl (C=O) groups is 2. The summed E-state index contributed by atoms with van der Waals surface area (Å²) in [7, 11) is 0. The molecule has 0 heterocycles. The van der Waals surface area contributed by atoms with Gasteiger partial charge in [0.25, 0.3) is 5.91 Å². The SMILES string of the molecule is CCNC(=O)[C@H](C)N(Cc1cccc(Cl)c1)C(=O)COc1ccc2ccccc2c1Br. The van der Waals surface area contributed by atoms with Crippen molar-refractivity contribution in [3.8, 4) is 5.75 Å². The molecule has 0 saturated heterocycles. The van der Waals surface area contributed by atoms with Crippen molar-refractivity contribution in [1.29, 1.82) is 0 Å². The first-order chi connectivity index (χ1) is 14.9. The van der Waals surface area contributed by atoms with E-state index in [1.54, 1.807) is 19.1 Å². The van der Waals surface area contributed by atoms with Gasteiger partial charge >= 0.3 is 0 Å². The molecule has 3 rings (SSSR count). The maximum Gasteiger partial charge on any atom is 0.261 e. The quantitative estimate of drug-likeness (QED) is 0.460. The number of halogens is 2. The minimum Gasteiger partial charge on any atom is -0.483 e. The average molecular weight is 504 g/mol. The molecule has 0 aliphatic rings. The number of hydrogen-bond donors (Lipinski definition) is 1. The van der Waals surface area contributed by atoms with E-state index in [4.69, 9.17) is 16.3 Å². The average Bonchev–Trinajstić information content (AvgIpc) is 2.77. The maximum absolute atomic E-state index is 13.1. The fourth-order valence-corrected chi connectivity index (χ4v) is 4.10. The Bertz CT molecular complexity index is 1090. The van der Waals surface area contributed by atoms with E-state index >= 15 is 0 Å². The van der Waals surface area contributed by atoms with E-state index in [2.05, 4.69) is 21.2 Å². The van der Waals surface area contributed by atoms with Gasteiger partial charge in [0.1, 0.15) is 11.8 Å². The highest BCUT2D eigenvalue weighted by Gasteiger charge is 2.26. The zero-order chi connectivity index (χ0) is 22.4. The van der Waals surface area contributed by atoms with Crippen molar-refractivity contribution in [1.82, 2.24) is 10.2 Å². The van der Waals surface area contributed by atoms with Crippen LogP contribution in [0.15, 0.2) is 65.1 Å². The number of fused-ring (bicyclic) bond motifs is 1. The van der Waals surface area contributed by atoms with Crippen LogP contribution in [-0.2, 0) is 16.1 Å². The van der Waals surface area contributed by atoms with E-state index in [1.165, 1.54) is 4.90 Å². The number of ether oxygens (including phenoxy) is 1. The lowest BCUT2D eigenvalue weighted by Gasteiger charge is -2.28. The zero-order valence-corrected chi connectivity index (χ0v) is 19.7. The van der Waals surface area contributed by atoms with Crippen LogP contribution in [0.25, 0.3) is 10.8 Å². The Hall–Kier alpha value is -2.57.